The van der Waals surface area contributed by atoms with Crippen molar-refractivity contribution >= 4 is 5.97 Å². The molecule has 1 saturated heterocycles. The number of likely N-dealkylation sites (tertiary alicyclic amines) is 1. The molecule has 0 radical (unpaired) electrons. The number of nitrogens with zero attached hydrogens (tertiary/aromatic N) is 1. The molecule has 0 bridgehead atoms. The number of esters is 1. The Morgan fingerprint density at radius 1 is 1.29 bits per heavy atom. The maximum absolute atomic E-state index is 12.3. The Balaban J connectivity index is 1.84. The summed E-state index contributed by atoms with van der Waals surface area (Å²) < 4.78 is 10.7. The Morgan fingerprint density at radius 2 is 2.17 bits per heavy atom. The second kappa shape index (κ2) is 10.3. The molecule has 0 N–H and O–H groups in total. The van der Waals surface area contributed by atoms with E-state index < -0.39 is 0 Å². The third-order valence-corrected chi connectivity index (χ3v) is 4.73. The Kier molecular flexibility index (Phi) is 8.10. The predicted molar refractivity (Wildman–Crippen MR) is 96.1 cm³/mol. The maximum atomic E-state index is 12.3. The van der Waals surface area contributed by atoms with Crippen molar-refractivity contribution in [2.24, 2.45) is 0 Å². The van der Waals surface area contributed by atoms with E-state index in [1.807, 2.05) is 24.3 Å². The van der Waals surface area contributed by atoms with Gasteiger partial charge in [0.1, 0.15) is 12.4 Å². The highest BCUT2D eigenvalue weighted by molar-refractivity contribution is 5.70. The summed E-state index contributed by atoms with van der Waals surface area (Å²) in [5, 5.41) is 0. The summed E-state index contributed by atoms with van der Waals surface area (Å²) >= 11 is 0. The molecular formula is C20H31NO3. The SMILES string of the molecule is CCCCN1CCCCCC1CC(=O)OCc1cccc(OC)c1. The van der Waals surface area contributed by atoms with Crippen molar-refractivity contribution in [1.82, 2.24) is 4.90 Å². The summed E-state index contributed by atoms with van der Waals surface area (Å²) in [5.41, 5.74) is 0.964. The molecule has 1 atom stereocenters. The van der Waals surface area contributed by atoms with E-state index in [0.29, 0.717) is 19.1 Å². The van der Waals surface area contributed by atoms with Gasteiger partial charge in [0.2, 0.25) is 0 Å². The molecule has 0 spiro atoms. The zero-order valence-corrected chi connectivity index (χ0v) is 15.1. The zero-order valence-electron chi connectivity index (χ0n) is 15.1. The van der Waals surface area contributed by atoms with E-state index in [-0.39, 0.29) is 5.97 Å². The standard InChI is InChI=1S/C20H31NO3/c1-3-4-12-21-13-7-5-6-10-18(21)15-20(22)24-16-17-9-8-11-19(14-17)23-2/h8-9,11,14,18H,3-7,10,12-13,15-16H2,1-2H3. The largest absolute Gasteiger partial charge is 0.497 e. The molecule has 1 aromatic carbocycles. The van der Waals surface area contributed by atoms with Crippen LogP contribution >= 0.6 is 0 Å². The number of unbranched alkanes of at least 4 members (excludes halogenated alkanes) is 1. The summed E-state index contributed by atoms with van der Waals surface area (Å²) in [6.07, 6.45) is 7.76. The Bertz CT molecular complexity index is 503. The Morgan fingerprint density at radius 3 is 2.96 bits per heavy atom. The molecule has 24 heavy (non-hydrogen) atoms. The van der Waals surface area contributed by atoms with Crippen LogP contribution in [-0.4, -0.2) is 37.1 Å². The van der Waals surface area contributed by atoms with Gasteiger partial charge in [-0.2, -0.15) is 0 Å². The average Bonchev–Trinajstić information content (AvgIpc) is 2.83. The summed E-state index contributed by atoms with van der Waals surface area (Å²) in [6.45, 7) is 4.76. The number of carbonyl (C=O) groups is 1. The maximum Gasteiger partial charge on any atom is 0.307 e. The average molecular weight is 333 g/mol. The van der Waals surface area contributed by atoms with Crippen molar-refractivity contribution in [2.75, 3.05) is 20.2 Å². The second-order valence-corrected chi connectivity index (χ2v) is 6.61. The minimum Gasteiger partial charge on any atom is -0.497 e. The van der Waals surface area contributed by atoms with E-state index in [0.717, 1.165) is 30.8 Å². The van der Waals surface area contributed by atoms with Gasteiger partial charge in [-0.1, -0.05) is 38.3 Å². The molecule has 4 nitrogen and oxygen atoms in total. The molecule has 2 rings (SSSR count). The van der Waals surface area contributed by atoms with E-state index in [9.17, 15) is 4.79 Å². The van der Waals surface area contributed by atoms with Crippen LogP contribution in [0.25, 0.3) is 0 Å². The van der Waals surface area contributed by atoms with Crippen molar-refractivity contribution < 1.29 is 14.3 Å². The first-order valence-corrected chi connectivity index (χ1v) is 9.25. The van der Waals surface area contributed by atoms with E-state index in [1.54, 1.807) is 7.11 Å². The lowest BCUT2D eigenvalue weighted by molar-refractivity contribution is -0.146. The molecule has 1 aromatic rings. The number of rotatable bonds is 8. The van der Waals surface area contributed by atoms with Crippen molar-refractivity contribution in [2.45, 2.75) is 64.5 Å². The predicted octanol–water partition coefficient (Wildman–Crippen LogP) is 4.17. The molecule has 0 amide bonds. The van der Waals surface area contributed by atoms with Crippen molar-refractivity contribution in [3.05, 3.63) is 29.8 Å². The normalized spacial score (nSPS) is 18.8. The first-order chi connectivity index (χ1) is 11.7. The van der Waals surface area contributed by atoms with Gasteiger partial charge in [-0.15, -0.1) is 0 Å². The molecule has 1 aliphatic rings. The Labute approximate surface area is 146 Å². The van der Waals surface area contributed by atoms with Gasteiger partial charge in [-0.3, -0.25) is 9.69 Å². The van der Waals surface area contributed by atoms with Gasteiger partial charge in [0.05, 0.1) is 13.5 Å². The summed E-state index contributed by atoms with van der Waals surface area (Å²) in [5.74, 6) is 0.698. The molecule has 1 fully saturated rings. The highest BCUT2D eigenvalue weighted by atomic mass is 16.5. The zero-order chi connectivity index (χ0) is 17.2. The molecule has 134 valence electrons. The molecule has 0 aromatic heterocycles. The lowest BCUT2D eigenvalue weighted by Crippen LogP contribution is -2.37. The third kappa shape index (κ3) is 6.16. The van der Waals surface area contributed by atoms with Gasteiger partial charge in [-0.05, 0) is 50.0 Å². The summed E-state index contributed by atoms with van der Waals surface area (Å²) in [6, 6.07) is 8.01. The fraction of sp³-hybridized carbons (Fsp3) is 0.650. The second-order valence-electron chi connectivity index (χ2n) is 6.61. The topological polar surface area (TPSA) is 38.8 Å². The number of hydrogen-bond donors (Lipinski definition) is 0. The molecule has 1 aliphatic heterocycles. The number of ether oxygens (including phenoxy) is 2. The molecule has 1 unspecified atom stereocenters. The smallest absolute Gasteiger partial charge is 0.307 e. The van der Waals surface area contributed by atoms with E-state index in [2.05, 4.69) is 11.8 Å². The van der Waals surface area contributed by atoms with Crippen LogP contribution in [0.5, 0.6) is 5.75 Å². The third-order valence-electron chi connectivity index (χ3n) is 4.73. The molecule has 0 saturated carbocycles. The fourth-order valence-electron chi connectivity index (χ4n) is 3.30. The van der Waals surface area contributed by atoms with E-state index in [4.69, 9.17) is 9.47 Å². The fourth-order valence-corrected chi connectivity index (χ4v) is 3.30. The van der Waals surface area contributed by atoms with Gasteiger partial charge in [0.25, 0.3) is 0 Å². The summed E-state index contributed by atoms with van der Waals surface area (Å²) in [7, 11) is 1.64. The minimum absolute atomic E-state index is 0.0915. The van der Waals surface area contributed by atoms with Gasteiger partial charge < -0.3 is 9.47 Å². The van der Waals surface area contributed by atoms with E-state index >= 15 is 0 Å². The minimum atomic E-state index is -0.0915. The first kappa shape index (κ1) is 18.8. The van der Waals surface area contributed by atoms with Gasteiger partial charge >= 0.3 is 5.97 Å². The number of hydrogen-bond acceptors (Lipinski definition) is 4. The molecule has 0 aliphatic carbocycles. The Hall–Kier alpha value is -1.55. The van der Waals surface area contributed by atoms with Crippen LogP contribution in [0.4, 0.5) is 0 Å². The van der Waals surface area contributed by atoms with E-state index in [1.165, 1.54) is 32.1 Å². The highest BCUT2D eigenvalue weighted by Crippen LogP contribution is 2.21. The molecular weight excluding hydrogens is 302 g/mol. The van der Waals surface area contributed by atoms with Crippen LogP contribution in [0.3, 0.4) is 0 Å². The molecule has 4 heteroatoms. The lowest BCUT2D eigenvalue weighted by Gasteiger charge is -2.29. The number of carbonyl (C=O) groups excluding carboxylic acids is 1. The number of benzene rings is 1. The quantitative estimate of drug-likeness (QED) is 0.669. The first-order valence-electron chi connectivity index (χ1n) is 9.25. The van der Waals surface area contributed by atoms with Crippen LogP contribution in [-0.2, 0) is 16.1 Å². The van der Waals surface area contributed by atoms with Gasteiger partial charge in [-0.25, -0.2) is 0 Å². The van der Waals surface area contributed by atoms with Crippen LogP contribution in [0.15, 0.2) is 24.3 Å². The van der Waals surface area contributed by atoms with Crippen molar-refractivity contribution in [1.29, 1.82) is 0 Å². The number of methoxy groups -OCH3 is 1. The highest BCUT2D eigenvalue weighted by Gasteiger charge is 2.23. The molecule has 1 heterocycles. The monoisotopic (exact) mass is 333 g/mol. The van der Waals surface area contributed by atoms with Crippen LogP contribution in [0.1, 0.15) is 57.4 Å². The van der Waals surface area contributed by atoms with Crippen LogP contribution in [0.2, 0.25) is 0 Å². The van der Waals surface area contributed by atoms with Gasteiger partial charge in [0, 0.05) is 6.04 Å². The van der Waals surface area contributed by atoms with Crippen LogP contribution < -0.4 is 4.74 Å². The van der Waals surface area contributed by atoms with Gasteiger partial charge in [0.15, 0.2) is 0 Å². The van der Waals surface area contributed by atoms with Crippen molar-refractivity contribution in [3.63, 3.8) is 0 Å². The lowest BCUT2D eigenvalue weighted by atomic mass is 10.1. The van der Waals surface area contributed by atoms with Crippen molar-refractivity contribution in [3.8, 4) is 5.75 Å². The summed E-state index contributed by atoms with van der Waals surface area (Å²) in [4.78, 5) is 14.8. The van der Waals surface area contributed by atoms with Crippen LogP contribution in [0, 0.1) is 0 Å².